The van der Waals surface area contributed by atoms with Gasteiger partial charge in [-0.3, -0.25) is 0 Å². The fraction of sp³-hybridized carbons (Fsp3) is 0.353. The molecule has 0 atom stereocenters. The number of carboxylic acids is 1. The highest BCUT2D eigenvalue weighted by Gasteiger charge is 2.08. The second-order valence-electron chi connectivity index (χ2n) is 4.69. The molecular formula is C17H22O3. The molecule has 1 aromatic rings. The molecule has 0 aliphatic carbocycles. The fourth-order valence-electron chi connectivity index (χ4n) is 1.94. The number of benzene rings is 1. The lowest BCUT2D eigenvalue weighted by molar-refractivity contribution is 0.0696. The Hall–Kier alpha value is -2.03. The zero-order valence-corrected chi connectivity index (χ0v) is 12.3. The quantitative estimate of drug-likeness (QED) is 0.756. The molecule has 1 N–H and O–H groups in total. The lowest BCUT2D eigenvalue weighted by atomic mass is 10.0. The molecule has 1 rings (SSSR count). The van der Waals surface area contributed by atoms with Gasteiger partial charge in [0.2, 0.25) is 0 Å². The highest BCUT2D eigenvalue weighted by Crippen LogP contribution is 2.21. The van der Waals surface area contributed by atoms with E-state index in [1.165, 1.54) is 5.57 Å². The number of methoxy groups -OCH3 is 1. The number of hydrogen-bond acceptors (Lipinski definition) is 2. The van der Waals surface area contributed by atoms with Crippen molar-refractivity contribution in [1.82, 2.24) is 0 Å². The van der Waals surface area contributed by atoms with Crippen LogP contribution in [0.15, 0.2) is 42.0 Å². The standard InChI is InChI=1S/C17H22O3/c1-4-5-6-7-13(2)8-9-14-12-15(17(18)19)10-11-16(14)20-3/h4-5,8,10-12H,6-7,9H2,1-3H3,(H,18,19)/b5-4-,13-8+. The topological polar surface area (TPSA) is 46.5 Å². The number of rotatable bonds is 7. The summed E-state index contributed by atoms with van der Waals surface area (Å²) in [7, 11) is 1.60. The van der Waals surface area contributed by atoms with Crippen LogP contribution in [0.3, 0.4) is 0 Å². The van der Waals surface area contributed by atoms with Gasteiger partial charge in [0.1, 0.15) is 5.75 Å². The minimum absolute atomic E-state index is 0.292. The van der Waals surface area contributed by atoms with Crippen molar-refractivity contribution in [2.75, 3.05) is 7.11 Å². The fourth-order valence-corrected chi connectivity index (χ4v) is 1.94. The van der Waals surface area contributed by atoms with Crippen LogP contribution in [0.5, 0.6) is 5.75 Å². The Balaban J connectivity index is 2.81. The van der Waals surface area contributed by atoms with E-state index in [0.717, 1.165) is 24.2 Å². The van der Waals surface area contributed by atoms with Gasteiger partial charge < -0.3 is 9.84 Å². The molecule has 108 valence electrons. The molecule has 0 bridgehead atoms. The zero-order chi connectivity index (χ0) is 15.0. The molecule has 0 aliphatic heterocycles. The predicted molar refractivity (Wildman–Crippen MR) is 81.5 cm³/mol. The molecule has 1 aromatic carbocycles. The van der Waals surface area contributed by atoms with Gasteiger partial charge in [-0.1, -0.05) is 23.8 Å². The van der Waals surface area contributed by atoms with E-state index in [2.05, 4.69) is 19.1 Å². The Morgan fingerprint density at radius 3 is 2.75 bits per heavy atom. The highest BCUT2D eigenvalue weighted by molar-refractivity contribution is 5.88. The summed E-state index contributed by atoms with van der Waals surface area (Å²) in [6.07, 6.45) is 9.06. The van der Waals surface area contributed by atoms with Gasteiger partial charge in [0.05, 0.1) is 12.7 Å². The molecule has 20 heavy (non-hydrogen) atoms. The van der Waals surface area contributed by atoms with Gasteiger partial charge >= 0.3 is 5.97 Å². The van der Waals surface area contributed by atoms with E-state index in [1.54, 1.807) is 25.3 Å². The third kappa shape index (κ3) is 4.92. The molecule has 0 spiro atoms. The molecule has 0 aliphatic rings. The number of aromatic carboxylic acids is 1. The zero-order valence-electron chi connectivity index (χ0n) is 12.3. The average molecular weight is 274 g/mol. The van der Waals surface area contributed by atoms with Crippen LogP contribution in [0.2, 0.25) is 0 Å². The largest absolute Gasteiger partial charge is 0.496 e. The Kier molecular flexibility index (Phi) is 6.57. The van der Waals surface area contributed by atoms with Crippen molar-refractivity contribution in [3.8, 4) is 5.75 Å². The van der Waals surface area contributed by atoms with Crippen LogP contribution in [-0.4, -0.2) is 18.2 Å². The summed E-state index contributed by atoms with van der Waals surface area (Å²) in [5, 5.41) is 9.03. The number of carbonyl (C=O) groups is 1. The number of hydrogen-bond donors (Lipinski definition) is 1. The van der Waals surface area contributed by atoms with E-state index in [9.17, 15) is 4.79 Å². The number of allylic oxidation sites excluding steroid dienone is 4. The second kappa shape index (κ2) is 8.20. The summed E-state index contributed by atoms with van der Waals surface area (Å²) in [4.78, 5) is 11.0. The third-order valence-corrected chi connectivity index (χ3v) is 3.14. The summed E-state index contributed by atoms with van der Waals surface area (Å²) < 4.78 is 5.28. The van der Waals surface area contributed by atoms with Gasteiger partial charge in [-0.2, -0.15) is 0 Å². The lowest BCUT2D eigenvalue weighted by Crippen LogP contribution is -1.99. The first-order chi connectivity index (χ1) is 9.58. The van der Waals surface area contributed by atoms with Crippen LogP contribution in [0.25, 0.3) is 0 Å². The van der Waals surface area contributed by atoms with Crippen LogP contribution in [0, 0.1) is 0 Å². The smallest absolute Gasteiger partial charge is 0.335 e. The van der Waals surface area contributed by atoms with Gasteiger partial charge in [0, 0.05) is 0 Å². The molecule has 3 nitrogen and oxygen atoms in total. The van der Waals surface area contributed by atoms with Crippen LogP contribution in [0.4, 0.5) is 0 Å². The molecule has 0 heterocycles. The van der Waals surface area contributed by atoms with Crippen molar-refractivity contribution in [1.29, 1.82) is 0 Å². The van der Waals surface area contributed by atoms with E-state index >= 15 is 0 Å². The maximum absolute atomic E-state index is 11.0. The number of carboxylic acid groups (broad SMARTS) is 1. The van der Waals surface area contributed by atoms with Gasteiger partial charge in [0.15, 0.2) is 0 Å². The molecule has 3 heteroatoms. The van der Waals surface area contributed by atoms with Crippen LogP contribution in [-0.2, 0) is 6.42 Å². The van der Waals surface area contributed by atoms with E-state index < -0.39 is 5.97 Å². The van der Waals surface area contributed by atoms with Crippen molar-refractivity contribution >= 4 is 5.97 Å². The molecular weight excluding hydrogens is 252 g/mol. The first kappa shape index (κ1) is 16.0. The van der Waals surface area contributed by atoms with Crippen LogP contribution in [0.1, 0.15) is 42.6 Å². The van der Waals surface area contributed by atoms with Gasteiger partial charge in [-0.15, -0.1) is 0 Å². The minimum Gasteiger partial charge on any atom is -0.496 e. The third-order valence-electron chi connectivity index (χ3n) is 3.14. The van der Waals surface area contributed by atoms with Gasteiger partial charge in [-0.25, -0.2) is 4.79 Å². The SMILES string of the molecule is C/C=C\CC/C(C)=C/Cc1cc(C(=O)O)ccc1OC. The Labute approximate surface area is 120 Å². The first-order valence-electron chi connectivity index (χ1n) is 6.75. The Morgan fingerprint density at radius 1 is 1.40 bits per heavy atom. The normalized spacial score (nSPS) is 11.8. The van der Waals surface area contributed by atoms with E-state index in [-0.39, 0.29) is 0 Å². The van der Waals surface area contributed by atoms with E-state index in [1.807, 2.05) is 13.0 Å². The van der Waals surface area contributed by atoms with Gasteiger partial charge in [-0.05, 0) is 56.9 Å². The summed E-state index contributed by atoms with van der Waals surface area (Å²) in [6, 6.07) is 4.95. The summed E-state index contributed by atoms with van der Waals surface area (Å²) in [5.74, 6) is -0.185. The molecule has 0 saturated heterocycles. The van der Waals surface area contributed by atoms with Crippen molar-refractivity contribution in [2.24, 2.45) is 0 Å². The van der Waals surface area contributed by atoms with E-state index in [4.69, 9.17) is 9.84 Å². The summed E-state index contributed by atoms with van der Waals surface area (Å²) in [6.45, 7) is 4.11. The number of ether oxygens (including phenoxy) is 1. The molecule has 0 amide bonds. The van der Waals surface area contributed by atoms with Crippen molar-refractivity contribution in [2.45, 2.75) is 33.1 Å². The predicted octanol–water partition coefficient (Wildman–Crippen LogP) is 4.24. The lowest BCUT2D eigenvalue weighted by Gasteiger charge is -2.08. The van der Waals surface area contributed by atoms with E-state index in [0.29, 0.717) is 12.0 Å². The monoisotopic (exact) mass is 274 g/mol. The van der Waals surface area contributed by atoms with Crippen molar-refractivity contribution in [3.63, 3.8) is 0 Å². The Morgan fingerprint density at radius 2 is 2.15 bits per heavy atom. The molecule has 0 radical (unpaired) electrons. The molecule has 0 fully saturated rings. The van der Waals surface area contributed by atoms with Crippen molar-refractivity contribution in [3.05, 3.63) is 53.1 Å². The van der Waals surface area contributed by atoms with Crippen LogP contribution < -0.4 is 4.74 Å². The maximum Gasteiger partial charge on any atom is 0.335 e. The second-order valence-corrected chi connectivity index (χ2v) is 4.69. The highest BCUT2D eigenvalue weighted by atomic mass is 16.5. The molecule has 0 unspecified atom stereocenters. The molecule has 0 saturated carbocycles. The summed E-state index contributed by atoms with van der Waals surface area (Å²) in [5.41, 5.74) is 2.49. The van der Waals surface area contributed by atoms with Gasteiger partial charge in [0.25, 0.3) is 0 Å². The average Bonchev–Trinajstić information content (AvgIpc) is 2.45. The first-order valence-corrected chi connectivity index (χ1v) is 6.75. The Bertz CT molecular complexity index is 513. The molecule has 0 aromatic heterocycles. The maximum atomic E-state index is 11.0. The van der Waals surface area contributed by atoms with Crippen molar-refractivity contribution < 1.29 is 14.6 Å². The summed E-state index contributed by atoms with van der Waals surface area (Å²) >= 11 is 0. The minimum atomic E-state index is -0.914. The van der Waals surface area contributed by atoms with Crippen LogP contribution >= 0.6 is 0 Å².